The molecule has 0 radical (unpaired) electrons. The van der Waals surface area contributed by atoms with E-state index in [1.54, 1.807) is 24.3 Å². The highest BCUT2D eigenvalue weighted by molar-refractivity contribution is 5.85. The molecule has 0 spiro atoms. The van der Waals surface area contributed by atoms with Crippen molar-refractivity contribution in [2.24, 2.45) is 0 Å². The van der Waals surface area contributed by atoms with E-state index in [-0.39, 0.29) is 17.6 Å². The van der Waals surface area contributed by atoms with Gasteiger partial charge in [0, 0.05) is 23.1 Å². The van der Waals surface area contributed by atoms with E-state index in [1.165, 1.54) is 11.6 Å². The summed E-state index contributed by atoms with van der Waals surface area (Å²) in [6.07, 6.45) is 0.882. The van der Waals surface area contributed by atoms with Gasteiger partial charge in [-0.1, -0.05) is 12.1 Å². The molecule has 4 rings (SSSR count). The Labute approximate surface area is 121 Å². The molecule has 3 aromatic rings. The van der Waals surface area contributed by atoms with Crippen molar-refractivity contribution in [2.75, 3.05) is 6.54 Å². The third kappa shape index (κ3) is 1.99. The molecule has 21 heavy (non-hydrogen) atoms. The van der Waals surface area contributed by atoms with Gasteiger partial charge < -0.3 is 15.4 Å². The molecule has 3 nitrogen and oxygen atoms in total. The highest BCUT2D eigenvalue weighted by Gasteiger charge is 2.25. The number of hydrogen-bond donors (Lipinski definition) is 3. The van der Waals surface area contributed by atoms with Crippen LogP contribution in [-0.4, -0.2) is 16.6 Å². The quantitative estimate of drug-likeness (QED) is 0.641. The van der Waals surface area contributed by atoms with E-state index >= 15 is 0 Å². The van der Waals surface area contributed by atoms with Gasteiger partial charge in [0.15, 0.2) is 0 Å². The predicted molar refractivity (Wildman–Crippen MR) is 79.9 cm³/mol. The van der Waals surface area contributed by atoms with Gasteiger partial charge in [0.1, 0.15) is 11.6 Å². The number of nitrogens with one attached hydrogen (secondary N) is 2. The average Bonchev–Trinajstić information content (AvgIpc) is 2.86. The lowest BCUT2D eigenvalue weighted by Crippen LogP contribution is -2.30. The maximum absolute atomic E-state index is 13.5. The number of aromatic nitrogens is 1. The minimum atomic E-state index is -0.205. The second-order valence-corrected chi connectivity index (χ2v) is 5.44. The SMILES string of the molecule is Oc1ccc(C2NCCc3c2[nH]c2ccc(F)cc32)cc1. The number of phenols is 1. The van der Waals surface area contributed by atoms with Crippen molar-refractivity contribution in [3.05, 3.63) is 65.1 Å². The largest absolute Gasteiger partial charge is 0.508 e. The Hall–Kier alpha value is -2.33. The van der Waals surface area contributed by atoms with Crippen molar-refractivity contribution in [1.82, 2.24) is 10.3 Å². The molecule has 1 aliphatic heterocycles. The van der Waals surface area contributed by atoms with Gasteiger partial charge in [-0.05, 0) is 47.9 Å². The van der Waals surface area contributed by atoms with Crippen molar-refractivity contribution < 1.29 is 9.50 Å². The zero-order valence-electron chi connectivity index (χ0n) is 11.4. The van der Waals surface area contributed by atoms with E-state index in [2.05, 4.69) is 10.3 Å². The predicted octanol–water partition coefficient (Wildman–Crippen LogP) is 3.25. The van der Waals surface area contributed by atoms with Gasteiger partial charge >= 0.3 is 0 Å². The molecule has 106 valence electrons. The summed E-state index contributed by atoms with van der Waals surface area (Å²) in [4.78, 5) is 3.41. The van der Waals surface area contributed by atoms with Crippen LogP contribution >= 0.6 is 0 Å². The van der Waals surface area contributed by atoms with Crippen LogP contribution in [-0.2, 0) is 6.42 Å². The molecule has 0 saturated heterocycles. The minimum Gasteiger partial charge on any atom is -0.508 e. The molecular formula is C17H15FN2O. The van der Waals surface area contributed by atoms with E-state index in [0.717, 1.165) is 35.1 Å². The van der Waals surface area contributed by atoms with E-state index in [0.29, 0.717) is 0 Å². The van der Waals surface area contributed by atoms with Crippen LogP contribution in [0.4, 0.5) is 4.39 Å². The standard InChI is InChI=1S/C17H15FN2O/c18-11-3-6-15-14(9-11)13-7-8-19-16(17(13)20-15)10-1-4-12(21)5-2-10/h1-6,9,16,19-21H,7-8H2. The normalized spacial score (nSPS) is 17.9. The van der Waals surface area contributed by atoms with Gasteiger partial charge in [-0.3, -0.25) is 0 Å². The number of hydrogen-bond acceptors (Lipinski definition) is 2. The maximum atomic E-state index is 13.5. The van der Waals surface area contributed by atoms with E-state index in [1.807, 2.05) is 12.1 Å². The number of fused-ring (bicyclic) bond motifs is 3. The summed E-state index contributed by atoms with van der Waals surface area (Å²) in [7, 11) is 0. The number of aromatic amines is 1. The smallest absolute Gasteiger partial charge is 0.123 e. The Balaban J connectivity index is 1.88. The molecule has 2 aromatic carbocycles. The number of halogens is 1. The third-order valence-electron chi connectivity index (χ3n) is 4.14. The second kappa shape index (κ2) is 4.60. The summed E-state index contributed by atoms with van der Waals surface area (Å²) in [5.41, 5.74) is 4.32. The van der Waals surface area contributed by atoms with Crippen molar-refractivity contribution in [3.8, 4) is 5.75 Å². The van der Waals surface area contributed by atoms with Crippen LogP contribution in [0.15, 0.2) is 42.5 Å². The first kappa shape index (κ1) is 12.4. The van der Waals surface area contributed by atoms with Gasteiger partial charge in [-0.15, -0.1) is 0 Å². The van der Waals surface area contributed by atoms with Gasteiger partial charge in [0.2, 0.25) is 0 Å². The number of H-pyrrole nitrogens is 1. The van der Waals surface area contributed by atoms with Crippen molar-refractivity contribution in [2.45, 2.75) is 12.5 Å². The lowest BCUT2D eigenvalue weighted by atomic mass is 9.94. The van der Waals surface area contributed by atoms with Crippen LogP contribution in [0.25, 0.3) is 10.9 Å². The van der Waals surface area contributed by atoms with Gasteiger partial charge in [0.05, 0.1) is 6.04 Å². The molecule has 1 aliphatic rings. The van der Waals surface area contributed by atoms with Crippen LogP contribution in [0.1, 0.15) is 22.9 Å². The van der Waals surface area contributed by atoms with Crippen LogP contribution in [0, 0.1) is 5.82 Å². The Morgan fingerprint density at radius 2 is 1.90 bits per heavy atom. The van der Waals surface area contributed by atoms with Crippen LogP contribution in [0.3, 0.4) is 0 Å². The minimum absolute atomic E-state index is 0.0461. The molecule has 1 unspecified atom stereocenters. The molecule has 3 N–H and O–H groups in total. The molecule has 2 heterocycles. The first-order valence-corrected chi connectivity index (χ1v) is 7.05. The topological polar surface area (TPSA) is 48.0 Å². The molecule has 0 amide bonds. The lowest BCUT2D eigenvalue weighted by molar-refractivity contribution is 0.474. The third-order valence-corrected chi connectivity index (χ3v) is 4.14. The maximum Gasteiger partial charge on any atom is 0.123 e. The Bertz CT molecular complexity index is 808. The van der Waals surface area contributed by atoms with Gasteiger partial charge in [0.25, 0.3) is 0 Å². The molecule has 0 bridgehead atoms. The van der Waals surface area contributed by atoms with E-state index in [9.17, 15) is 9.50 Å². The lowest BCUT2D eigenvalue weighted by Gasteiger charge is -2.24. The zero-order chi connectivity index (χ0) is 14.4. The Kier molecular flexibility index (Phi) is 2.72. The molecule has 0 fully saturated rings. The number of benzene rings is 2. The van der Waals surface area contributed by atoms with Gasteiger partial charge in [-0.25, -0.2) is 4.39 Å². The van der Waals surface area contributed by atoms with Crippen molar-refractivity contribution in [1.29, 1.82) is 0 Å². The Morgan fingerprint density at radius 3 is 2.71 bits per heavy atom. The molecule has 1 atom stereocenters. The zero-order valence-corrected chi connectivity index (χ0v) is 11.4. The molecular weight excluding hydrogens is 267 g/mol. The second-order valence-electron chi connectivity index (χ2n) is 5.44. The summed E-state index contributed by atoms with van der Waals surface area (Å²) < 4.78 is 13.5. The summed E-state index contributed by atoms with van der Waals surface area (Å²) in [6, 6.07) is 12.1. The monoisotopic (exact) mass is 282 g/mol. The molecule has 4 heteroatoms. The van der Waals surface area contributed by atoms with E-state index < -0.39 is 0 Å². The number of phenolic OH excluding ortho intramolecular Hbond substituents is 1. The highest BCUT2D eigenvalue weighted by atomic mass is 19.1. The molecule has 0 aliphatic carbocycles. The fraction of sp³-hybridized carbons (Fsp3) is 0.176. The molecule has 0 saturated carbocycles. The first-order chi connectivity index (χ1) is 10.2. The summed E-state index contributed by atoms with van der Waals surface area (Å²) >= 11 is 0. The highest BCUT2D eigenvalue weighted by Crippen LogP contribution is 2.34. The first-order valence-electron chi connectivity index (χ1n) is 7.05. The summed E-state index contributed by atoms with van der Waals surface area (Å²) in [6.45, 7) is 0.849. The fourth-order valence-electron chi connectivity index (χ4n) is 3.15. The fourth-order valence-corrected chi connectivity index (χ4v) is 3.15. The van der Waals surface area contributed by atoms with Crippen LogP contribution in [0.2, 0.25) is 0 Å². The Morgan fingerprint density at radius 1 is 1.10 bits per heavy atom. The van der Waals surface area contributed by atoms with Crippen LogP contribution < -0.4 is 5.32 Å². The molecule has 1 aromatic heterocycles. The summed E-state index contributed by atoms with van der Waals surface area (Å²) in [5, 5.41) is 13.9. The number of rotatable bonds is 1. The summed E-state index contributed by atoms with van der Waals surface area (Å²) in [5.74, 6) is 0.0533. The number of aromatic hydroxyl groups is 1. The van der Waals surface area contributed by atoms with Crippen molar-refractivity contribution >= 4 is 10.9 Å². The van der Waals surface area contributed by atoms with Crippen molar-refractivity contribution in [3.63, 3.8) is 0 Å². The van der Waals surface area contributed by atoms with Gasteiger partial charge in [-0.2, -0.15) is 0 Å². The average molecular weight is 282 g/mol. The van der Waals surface area contributed by atoms with E-state index in [4.69, 9.17) is 0 Å². The van der Waals surface area contributed by atoms with Crippen LogP contribution in [0.5, 0.6) is 5.75 Å².